The van der Waals surface area contributed by atoms with Crippen molar-refractivity contribution in [3.8, 4) is 0 Å². The second-order valence-electron chi connectivity index (χ2n) is 9.06. The first-order chi connectivity index (χ1) is 13.6. The molecule has 1 N–H and O–H groups in total. The minimum Gasteiger partial charge on any atom is -0.333 e. The van der Waals surface area contributed by atoms with Gasteiger partial charge < -0.3 is 10.2 Å². The number of benzene rings is 1. The molecule has 2 aliphatic rings. The average Bonchev–Trinajstić information content (AvgIpc) is 2.57. The lowest BCUT2D eigenvalue weighted by Crippen LogP contribution is -2.63. The van der Waals surface area contributed by atoms with Crippen LogP contribution in [0.15, 0.2) is 34.3 Å². The van der Waals surface area contributed by atoms with Crippen molar-refractivity contribution in [3.05, 3.63) is 35.4 Å². The van der Waals surface area contributed by atoms with Gasteiger partial charge in [0.15, 0.2) is 5.84 Å². The highest BCUT2D eigenvalue weighted by Gasteiger charge is 2.42. The van der Waals surface area contributed by atoms with Crippen LogP contribution in [-0.2, 0) is 3.79 Å². The van der Waals surface area contributed by atoms with Crippen molar-refractivity contribution >= 4 is 81.3 Å². The van der Waals surface area contributed by atoms with Gasteiger partial charge in [0, 0.05) is 28.2 Å². The summed E-state index contributed by atoms with van der Waals surface area (Å²) >= 11 is 36.3. The number of amidine groups is 2. The molecule has 2 heterocycles. The van der Waals surface area contributed by atoms with E-state index < -0.39 is 7.59 Å². The second-order valence-corrected chi connectivity index (χ2v) is 13.6. The molecule has 0 atom stereocenters. The van der Waals surface area contributed by atoms with Crippen molar-refractivity contribution < 1.29 is 0 Å². The van der Waals surface area contributed by atoms with Crippen LogP contribution in [0, 0.1) is 0 Å². The zero-order valence-electron chi connectivity index (χ0n) is 17.1. The van der Waals surface area contributed by atoms with Gasteiger partial charge in [0.2, 0.25) is 7.59 Å². The smallest absolute Gasteiger partial charge is 0.249 e. The predicted octanol–water partition coefficient (Wildman–Crippen LogP) is 6.61. The van der Waals surface area contributed by atoms with Crippen molar-refractivity contribution in [3.63, 3.8) is 0 Å². The van der Waals surface area contributed by atoms with Crippen molar-refractivity contribution in [2.45, 2.75) is 65.2 Å². The highest BCUT2D eigenvalue weighted by Crippen LogP contribution is 2.39. The third-order valence-corrected chi connectivity index (χ3v) is 6.35. The number of hydrogen-bond acceptors (Lipinski definition) is 4. The Morgan fingerprint density at radius 2 is 1.43 bits per heavy atom. The third-order valence-electron chi connectivity index (χ3n) is 5.19. The molecule has 4 nitrogen and oxygen atoms in total. The molecule has 0 aromatic heterocycles. The predicted molar refractivity (Wildman–Crippen MR) is 131 cm³/mol. The van der Waals surface area contributed by atoms with E-state index in [1.54, 1.807) is 12.1 Å². The molecule has 0 saturated carbocycles. The normalized spacial score (nSPS) is 22.5. The van der Waals surface area contributed by atoms with Gasteiger partial charge in [-0.25, -0.2) is 9.98 Å². The summed E-state index contributed by atoms with van der Waals surface area (Å²) in [6.07, 6.45) is 1.83. The van der Waals surface area contributed by atoms with Gasteiger partial charge in [-0.1, -0.05) is 93.9 Å². The fourth-order valence-electron chi connectivity index (χ4n) is 4.38. The van der Waals surface area contributed by atoms with Crippen LogP contribution in [0.1, 0.15) is 51.7 Å². The van der Waals surface area contributed by atoms with Gasteiger partial charge in [0.05, 0.1) is 0 Å². The molecule has 1 aromatic rings. The molecule has 0 aliphatic carbocycles. The highest BCUT2D eigenvalue weighted by molar-refractivity contribution is 6.77. The molecule has 166 valence electrons. The molecule has 1 saturated heterocycles. The van der Waals surface area contributed by atoms with Crippen LogP contribution >= 0.6 is 69.6 Å². The number of nitrogens with zero attached hydrogens (tertiary/aromatic N) is 3. The topological polar surface area (TPSA) is 40.0 Å². The molecule has 3 rings (SSSR count). The summed E-state index contributed by atoms with van der Waals surface area (Å²) in [5, 5.41) is 3.70. The molecule has 2 aliphatic heterocycles. The Bertz CT molecular complexity index is 834. The van der Waals surface area contributed by atoms with Crippen molar-refractivity contribution in [2.24, 2.45) is 9.98 Å². The second kappa shape index (κ2) is 8.44. The van der Waals surface area contributed by atoms with E-state index in [0.717, 1.165) is 18.4 Å². The van der Waals surface area contributed by atoms with E-state index in [1.165, 1.54) is 0 Å². The lowest BCUT2D eigenvalue weighted by molar-refractivity contribution is 0.104. The van der Waals surface area contributed by atoms with Crippen molar-refractivity contribution in [1.29, 1.82) is 0 Å². The minimum absolute atomic E-state index is 0.0456. The van der Waals surface area contributed by atoms with Gasteiger partial charge in [-0.05, 0) is 40.5 Å². The number of halogens is 6. The molecule has 0 amide bonds. The van der Waals surface area contributed by atoms with Gasteiger partial charge in [0.25, 0.3) is 0 Å². The Morgan fingerprint density at radius 1 is 0.900 bits per heavy atom. The molecule has 10 heteroatoms. The summed E-state index contributed by atoms with van der Waals surface area (Å²) in [5.74, 6) is 0.859. The molecule has 1 aromatic carbocycles. The van der Waals surface area contributed by atoms with Crippen LogP contribution in [0.5, 0.6) is 0 Å². The summed E-state index contributed by atoms with van der Waals surface area (Å²) in [6.45, 7) is 9.16. The maximum Gasteiger partial charge on any atom is 0.249 e. The van der Waals surface area contributed by atoms with Crippen LogP contribution in [0.25, 0.3) is 0 Å². The maximum absolute atomic E-state index is 6.09. The third kappa shape index (κ3) is 5.89. The van der Waals surface area contributed by atoms with Crippen LogP contribution in [-0.4, -0.2) is 44.2 Å². The first kappa shape index (κ1) is 24.7. The van der Waals surface area contributed by atoms with Crippen molar-refractivity contribution in [1.82, 2.24) is 10.2 Å². The SMILES string of the molecule is CC1(C)CC(N2CN=C(C(Cl)(Cl)Cl)N=C2c2ccc(C(Cl)(Cl)Cl)cc2)CC(C)(C)N1. The lowest BCUT2D eigenvalue weighted by Gasteiger charge is -2.50. The van der Waals surface area contributed by atoms with E-state index in [2.05, 4.69) is 47.9 Å². The molecule has 30 heavy (non-hydrogen) atoms. The standard InChI is InChI=1S/C20H24Cl6N4/c1-17(2)9-14(10-18(3,4)29-17)30-11-27-16(20(24,25)26)28-15(30)12-5-7-13(8-6-12)19(21,22)23/h5-8,14,29H,9-11H2,1-4H3. The monoisotopic (exact) mass is 530 g/mol. The Morgan fingerprint density at radius 3 is 1.90 bits per heavy atom. The van der Waals surface area contributed by atoms with E-state index >= 15 is 0 Å². The minimum atomic E-state index is -1.71. The zero-order chi connectivity index (χ0) is 22.5. The summed E-state index contributed by atoms with van der Waals surface area (Å²) in [7, 11) is 0. The number of rotatable bonds is 2. The van der Waals surface area contributed by atoms with E-state index in [4.69, 9.17) is 69.6 Å². The molecule has 0 bridgehead atoms. The lowest BCUT2D eigenvalue weighted by atomic mass is 9.79. The largest absolute Gasteiger partial charge is 0.333 e. The van der Waals surface area contributed by atoms with Gasteiger partial charge in [-0.2, -0.15) is 0 Å². The summed E-state index contributed by atoms with van der Waals surface area (Å²) < 4.78 is -3.21. The molecule has 0 spiro atoms. The van der Waals surface area contributed by atoms with E-state index in [-0.39, 0.29) is 23.0 Å². The van der Waals surface area contributed by atoms with E-state index in [1.807, 2.05) is 12.1 Å². The first-order valence-corrected chi connectivity index (χ1v) is 11.8. The Hall–Kier alpha value is 0.0600. The van der Waals surface area contributed by atoms with Crippen LogP contribution in [0.3, 0.4) is 0 Å². The summed E-state index contributed by atoms with van der Waals surface area (Å²) in [6, 6.07) is 7.45. The quantitative estimate of drug-likeness (QED) is 0.435. The van der Waals surface area contributed by atoms with Gasteiger partial charge in [-0.15, -0.1) is 0 Å². The number of aliphatic imine (C=N–C) groups is 2. The molecule has 0 radical (unpaired) electrons. The number of nitrogens with one attached hydrogen (secondary N) is 1. The van der Waals surface area contributed by atoms with Gasteiger partial charge in [0.1, 0.15) is 12.5 Å². The zero-order valence-corrected chi connectivity index (χ0v) is 21.7. The summed E-state index contributed by atoms with van der Waals surface area (Å²) in [5.41, 5.74) is 1.31. The van der Waals surface area contributed by atoms with Crippen LogP contribution < -0.4 is 5.32 Å². The Balaban J connectivity index is 2.01. The molecular weight excluding hydrogens is 509 g/mol. The highest BCUT2D eigenvalue weighted by atomic mass is 35.6. The first-order valence-electron chi connectivity index (χ1n) is 9.51. The maximum atomic E-state index is 6.09. The van der Waals surface area contributed by atoms with E-state index in [0.29, 0.717) is 18.1 Å². The van der Waals surface area contributed by atoms with E-state index in [9.17, 15) is 0 Å². The van der Waals surface area contributed by atoms with Crippen LogP contribution in [0.4, 0.5) is 0 Å². The number of alkyl halides is 6. The Labute approximate surface area is 207 Å². The molecule has 0 unspecified atom stereocenters. The summed E-state index contributed by atoms with van der Waals surface area (Å²) in [4.78, 5) is 11.3. The molecular formula is C20H24Cl6N4. The fraction of sp³-hybridized carbons (Fsp3) is 0.600. The van der Waals surface area contributed by atoms with Crippen LogP contribution in [0.2, 0.25) is 0 Å². The van der Waals surface area contributed by atoms with Crippen molar-refractivity contribution in [2.75, 3.05) is 6.67 Å². The van der Waals surface area contributed by atoms with Gasteiger partial charge >= 0.3 is 0 Å². The number of hydrogen-bond donors (Lipinski definition) is 1. The molecule has 1 fully saturated rings. The Kier molecular flexibility index (Phi) is 6.95. The van der Waals surface area contributed by atoms with Gasteiger partial charge in [-0.3, -0.25) is 0 Å². The number of piperidine rings is 1. The fourth-order valence-corrected chi connectivity index (χ4v) is 5.06. The average molecular weight is 533 g/mol.